The van der Waals surface area contributed by atoms with E-state index in [4.69, 9.17) is 4.74 Å². The van der Waals surface area contributed by atoms with Crippen LogP contribution in [0, 0.1) is 31.6 Å². The van der Waals surface area contributed by atoms with Gasteiger partial charge in [-0.2, -0.15) is 0 Å². The molecular weight excluding hydrogens is 482 g/mol. The van der Waals surface area contributed by atoms with Crippen LogP contribution < -0.4 is 10.6 Å². The third-order valence-corrected chi connectivity index (χ3v) is 8.75. The van der Waals surface area contributed by atoms with Crippen molar-refractivity contribution in [3.05, 3.63) is 59.7 Å². The number of amides is 3. The van der Waals surface area contributed by atoms with Crippen molar-refractivity contribution >= 4 is 29.1 Å². The summed E-state index contributed by atoms with van der Waals surface area (Å²) >= 11 is 0. The van der Waals surface area contributed by atoms with E-state index in [-0.39, 0.29) is 30.2 Å². The molecule has 1 spiro atoms. The number of ether oxygens (including phenoxy) is 1. The van der Waals surface area contributed by atoms with Crippen molar-refractivity contribution in [2.45, 2.75) is 70.7 Å². The van der Waals surface area contributed by atoms with Crippen molar-refractivity contribution in [2.75, 3.05) is 17.2 Å². The lowest BCUT2D eigenvalue weighted by molar-refractivity contribution is -0.148. The molecule has 8 heteroatoms. The van der Waals surface area contributed by atoms with Gasteiger partial charge in [0.15, 0.2) is 0 Å². The first-order valence-corrected chi connectivity index (χ1v) is 13.4. The molecule has 3 N–H and O–H groups in total. The molecule has 3 saturated heterocycles. The smallest absolute Gasteiger partial charge is 0.250 e. The van der Waals surface area contributed by atoms with E-state index in [1.54, 1.807) is 12.1 Å². The summed E-state index contributed by atoms with van der Waals surface area (Å²) in [5.74, 6) is -2.67. The lowest BCUT2D eigenvalue weighted by atomic mass is 9.66. The largest absolute Gasteiger partial charge is 0.394 e. The molecule has 0 radical (unpaired) electrons. The van der Waals surface area contributed by atoms with Crippen molar-refractivity contribution in [2.24, 2.45) is 17.8 Å². The van der Waals surface area contributed by atoms with Crippen LogP contribution in [0.4, 0.5) is 11.4 Å². The van der Waals surface area contributed by atoms with E-state index >= 15 is 0 Å². The van der Waals surface area contributed by atoms with Crippen LogP contribution in [-0.2, 0) is 19.1 Å². The van der Waals surface area contributed by atoms with E-state index in [0.29, 0.717) is 24.2 Å². The zero-order valence-electron chi connectivity index (χ0n) is 22.7. The van der Waals surface area contributed by atoms with Gasteiger partial charge >= 0.3 is 0 Å². The topological polar surface area (TPSA) is 108 Å². The molecule has 38 heavy (non-hydrogen) atoms. The monoisotopic (exact) mass is 519 g/mol. The zero-order valence-corrected chi connectivity index (χ0v) is 22.7. The number of anilines is 2. The van der Waals surface area contributed by atoms with Crippen LogP contribution in [0.15, 0.2) is 48.5 Å². The Balaban J connectivity index is 1.56. The number of aliphatic hydroxyl groups excluding tert-OH is 1. The molecule has 3 amide bonds. The fourth-order valence-corrected chi connectivity index (χ4v) is 6.85. The third-order valence-electron chi connectivity index (χ3n) is 8.75. The maximum atomic E-state index is 14.2. The number of hydrogen-bond acceptors (Lipinski definition) is 5. The Labute approximate surface area is 223 Å². The number of carbonyl (C=O) groups is 3. The van der Waals surface area contributed by atoms with Crippen LogP contribution in [0.25, 0.3) is 0 Å². The zero-order chi connectivity index (χ0) is 27.4. The minimum Gasteiger partial charge on any atom is -0.394 e. The van der Waals surface area contributed by atoms with Crippen LogP contribution in [0.2, 0.25) is 0 Å². The summed E-state index contributed by atoms with van der Waals surface area (Å²) in [7, 11) is 0. The molecule has 0 saturated carbocycles. The van der Waals surface area contributed by atoms with Gasteiger partial charge in [-0.1, -0.05) is 44.2 Å². The Hall–Kier alpha value is -3.23. The maximum absolute atomic E-state index is 14.2. The first-order valence-electron chi connectivity index (χ1n) is 13.4. The van der Waals surface area contributed by atoms with Crippen LogP contribution in [-0.4, -0.2) is 57.6 Å². The average molecular weight is 520 g/mol. The molecule has 0 aliphatic carbocycles. The first-order chi connectivity index (χ1) is 18.0. The average Bonchev–Trinajstić information content (AvgIpc) is 3.43. The summed E-state index contributed by atoms with van der Waals surface area (Å²) in [5, 5.41) is 16.4. The second-order valence-corrected chi connectivity index (χ2v) is 11.6. The number of likely N-dealkylation sites (tertiary alicyclic amines) is 1. The number of aliphatic hydroxyl groups is 1. The Morgan fingerprint density at radius 2 is 1.79 bits per heavy atom. The van der Waals surface area contributed by atoms with Crippen LogP contribution in [0.1, 0.15) is 44.7 Å². The number of benzene rings is 2. The van der Waals surface area contributed by atoms with Crippen molar-refractivity contribution < 1.29 is 24.2 Å². The highest BCUT2D eigenvalue weighted by atomic mass is 16.5. The van der Waals surface area contributed by atoms with Gasteiger partial charge in [-0.3, -0.25) is 14.4 Å². The molecule has 2 aromatic rings. The van der Waals surface area contributed by atoms with E-state index in [1.165, 1.54) is 4.90 Å². The number of nitrogens with one attached hydrogen (secondary N) is 2. The molecule has 2 unspecified atom stereocenters. The summed E-state index contributed by atoms with van der Waals surface area (Å²) in [5.41, 5.74) is 1.17. The molecule has 3 fully saturated rings. The van der Waals surface area contributed by atoms with E-state index in [2.05, 4.69) is 10.6 Å². The molecule has 202 valence electrons. The molecule has 6 atom stereocenters. The summed E-state index contributed by atoms with van der Waals surface area (Å²) in [4.78, 5) is 43.6. The number of hydrogen-bond donors (Lipinski definition) is 3. The van der Waals surface area contributed by atoms with Gasteiger partial charge in [0.05, 0.1) is 30.1 Å². The Morgan fingerprint density at radius 3 is 2.45 bits per heavy atom. The summed E-state index contributed by atoms with van der Waals surface area (Å²) in [6.07, 6.45) is 1.03. The van der Waals surface area contributed by atoms with Gasteiger partial charge in [-0.25, -0.2) is 0 Å². The molecule has 2 bridgehead atoms. The SMILES string of the molecule is Cc1ccc(C)c(NC(=O)C2N([C@@H](CO)C(C)C)C(=O)[C@@H]3[C@H](C(=O)Nc4ccccc4)[C@]4(C)CCC23O4)c1. The number of carbonyl (C=O) groups excluding carboxylic acids is 3. The number of nitrogens with zero attached hydrogens (tertiary/aromatic N) is 1. The Bertz CT molecular complexity index is 1260. The van der Waals surface area contributed by atoms with Gasteiger partial charge in [0.25, 0.3) is 0 Å². The molecule has 5 rings (SSSR count). The molecule has 3 aliphatic heterocycles. The normalized spacial score (nSPS) is 30.4. The minimum absolute atomic E-state index is 0.112. The van der Waals surface area contributed by atoms with Crippen LogP contribution in [0.3, 0.4) is 0 Å². The lowest BCUT2D eigenvalue weighted by Crippen LogP contribution is -2.57. The second kappa shape index (κ2) is 9.50. The Morgan fingerprint density at radius 1 is 1.08 bits per heavy atom. The van der Waals surface area contributed by atoms with Gasteiger partial charge in [0, 0.05) is 11.4 Å². The predicted octanol–water partition coefficient (Wildman–Crippen LogP) is 3.66. The highest BCUT2D eigenvalue weighted by molar-refractivity contribution is 6.05. The van der Waals surface area contributed by atoms with E-state index < -0.39 is 35.1 Å². The van der Waals surface area contributed by atoms with E-state index in [9.17, 15) is 19.5 Å². The van der Waals surface area contributed by atoms with Gasteiger partial charge in [0.2, 0.25) is 17.7 Å². The van der Waals surface area contributed by atoms with E-state index in [0.717, 1.165) is 11.1 Å². The molecular formula is C30H37N3O5. The molecule has 8 nitrogen and oxygen atoms in total. The van der Waals surface area contributed by atoms with E-state index in [1.807, 2.05) is 71.0 Å². The lowest BCUT2D eigenvalue weighted by Gasteiger charge is -2.38. The van der Waals surface area contributed by atoms with Crippen molar-refractivity contribution in [1.82, 2.24) is 4.90 Å². The standard InChI is InChI=1S/C30H37N3O5/c1-17(2)22(16-34)33-25(27(36)32-21-15-18(3)11-12-19(21)4)30-14-13-29(5,38-30)23(24(30)28(33)37)26(35)31-20-9-7-6-8-10-20/h6-12,15,17,22-25,34H,13-14,16H2,1-5H3,(H,31,35)(H,32,36)/t22-,23+,24-,25?,29-,30?/m0/s1. The quantitative estimate of drug-likeness (QED) is 0.518. The molecule has 2 aromatic carbocycles. The first kappa shape index (κ1) is 26.4. The summed E-state index contributed by atoms with van der Waals surface area (Å²) < 4.78 is 6.68. The summed E-state index contributed by atoms with van der Waals surface area (Å²) in [6.45, 7) is 9.28. The van der Waals surface area contributed by atoms with Gasteiger partial charge in [-0.05, 0) is 68.9 Å². The fourth-order valence-electron chi connectivity index (χ4n) is 6.85. The fraction of sp³-hybridized carbons (Fsp3) is 0.500. The van der Waals surface area contributed by atoms with Crippen LogP contribution >= 0.6 is 0 Å². The van der Waals surface area contributed by atoms with Crippen molar-refractivity contribution in [3.8, 4) is 0 Å². The van der Waals surface area contributed by atoms with Gasteiger partial charge in [-0.15, -0.1) is 0 Å². The third kappa shape index (κ3) is 4.01. The predicted molar refractivity (Wildman–Crippen MR) is 144 cm³/mol. The van der Waals surface area contributed by atoms with Gasteiger partial charge < -0.3 is 25.4 Å². The minimum atomic E-state index is -1.16. The molecule has 3 heterocycles. The molecule has 0 aromatic heterocycles. The summed E-state index contributed by atoms with van der Waals surface area (Å²) in [6, 6.07) is 13.4. The van der Waals surface area contributed by atoms with Crippen LogP contribution in [0.5, 0.6) is 0 Å². The number of aryl methyl sites for hydroxylation is 2. The highest BCUT2D eigenvalue weighted by Crippen LogP contribution is 2.63. The number of rotatable bonds is 7. The van der Waals surface area contributed by atoms with Gasteiger partial charge in [0.1, 0.15) is 11.6 Å². The second-order valence-electron chi connectivity index (χ2n) is 11.6. The Kier molecular flexibility index (Phi) is 6.60. The highest BCUT2D eigenvalue weighted by Gasteiger charge is 2.78. The van der Waals surface area contributed by atoms with Crippen molar-refractivity contribution in [1.29, 1.82) is 0 Å². The number of para-hydroxylation sites is 1. The maximum Gasteiger partial charge on any atom is 0.250 e. The molecule has 3 aliphatic rings. The van der Waals surface area contributed by atoms with Crippen molar-refractivity contribution in [3.63, 3.8) is 0 Å². The number of fused-ring (bicyclic) bond motifs is 1.